The Morgan fingerprint density at radius 1 is 1.07 bits per heavy atom. The number of piperidine rings is 1. The van der Waals surface area contributed by atoms with Gasteiger partial charge in [0.05, 0.1) is 5.92 Å². The maximum atomic E-state index is 13.2. The highest BCUT2D eigenvalue weighted by Gasteiger charge is 2.40. The molecule has 0 saturated carbocycles. The molecule has 2 aliphatic rings. The highest BCUT2D eigenvalue weighted by Crippen LogP contribution is 2.36. The smallest absolute Gasteiger partial charge is 0.314 e. The van der Waals surface area contributed by atoms with Crippen molar-refractivity contribution in [2.24, 2.45) is 0 Å². The molecule has 142 valence electrons. The third kappa shape index (κ3) is 4.04. The van der Waals surface area contributed by atoms with E-state index in [1.807, 2.05) is 54.6 Å². The van der Waals surface area contributed by atoms with Crippen molar-refractivity contribution >= 4 is 17.6 Å². The van der Waals surface area contributed by atoms with Crippen molar-refractivity contribution in [1.82, 2.24) is 4.90 Å². The van der Waals surface area contributed by atoms with E-state index in [0.29, 0.717) is 23.5 Å². The van der Waals surface area contributed by atoms with Gasteiger partial charge in [-0.15, -0.1) is 0 Å². The molecule has 2 bridgehead atoms. The quantitative estimate of drug-likeness (QED) is 0.692. The summed E-state index contributed by atoms with van der Waals surface area (Å²) in [4.78, 5) is 15.6. The van der Waals surface area contributed by atoms with Crippen LogP contribution in [0.1, 0.15) is 42.7 Å². The second-order valence-electron chi connectivity index (χ2n) is 7.84. The molecule has 2 fully saturated rings. The zero-order valence-corrected chi connectivity index (χ0v) is 16.4. The molecular formula is C23H26ClNO2. The number of carbonyl (C=O) groups excluding carboxylic acids is 1. The zero-order chi connectivity index (χ0) is 18.8. The summed E-state index contributed by atoms with van der Waals surface area (Å²) in [6.45, 7) is 0. The molecule has 4 heteroatoms. The standard InChI is InChI=1S/C23H26ClNO2/c1-25-18-11-12-19(25)15-20(14-18)27-23(26)21(16-7-3-2-4-8-16)13-17-9-5-6-10-22(17)24/h2-10,18-21H,11-15H2,1H3. The Balaban J connectivity index is 1.52. The van der Waals surface area contributed by atoms with Crippen LogP contribution in [-0.4, -0.2) is 36.1 Å². The van der Waals surface area contributed by atoms with Crippen molar-refractivity contribution in [3.8, 4) is 0 Å². The minimum atomic E-state index is -0.330. The lowest BCUT2D eigenvalue weighted by Crippen LogP contribution is -2.43. The molecule has 2 saturated heterocycles. The molecule has 2 aliphatic heterocycles. The Bertz CT molecular complexity index is 780. The van der Waals surface area contributed by atoms with Crippen molar-refractivity contribution in [1.29, 1.82) is 0 Å². The van der Waals surface area contributed by atoms with Crippen molar-refractivity contribution in [2.75, 3.05) is 7.05 Å². The summed E-state index contributed by atoms with van der Waals surface area (Å²) < 4.78 is 6.04. The molecule has 2 heterocycles. The molecule has 3 atom stereocenters. The first kappa shape index (κ1) is 18.5. The second-order valence-corrected chi connectivity index (χ2v) is 8.25. The highest BCUT2D eigenvalue weighted by atomic mass is 35.5. The molecule has 2 aromatic carbocycles. The van der Waals surface area contributed by atoms with E-state index in [9.17, 15) is 4.79 Å². The molecule has 0 aliphatic carbocycles. The van der Waals surface area contributed by atoms with Gasteiger partial charge in [0.25, 0.3) is 0 Å². The van der Waals surface area contributed by atoms with E-state index in [4.69, 9.17) is 16.3 Å². The van der Waals surface area contributed by atoms with Gasteiger partial charge >= 0.3 is 5.97 Å². The van der Waals surface area contributed by atoms with Crippen LogP contribution in [0.4, 0.5) is 0 Å². The van der Waals surface area contributed by atoms with Crippen LogP contribution in [0.5, 0.6) is 0 Å². The van der Waals surface area contributed by atoms with Crippen LogP contribution in [0.2, 0.25) is 5.02 Å². The SMILES string of the molecule is CN1C2CCC1CC(OC(=O)C(Cc1ccccc1Cl)c1ccccc1)C2. The van der Waals surface area contributed by atoms with Crippen molar-refractivity contribution in [3.05, 3.63) is 70.7 Å². The first-order chi connectivity index (χ1) is 13.1. The summed E-state index contributed by atoms with van der Waals surface area (Å²) in [5, 5.41) is 0.698. The second kappa shape index (κ2) is 8.04. The van der Waals surface area contributed by atoms with Gasteiger partial charge in [0.1, 0.15) is 6.10 Å². The van der Waals surface area contributed by atoms with Gasteiger partial charge in [-0.1, -0.05) is 60.1 Å². The Kier molecular flexibility index (Phi) is 5.51. The van der Waals surface area contributed by atoms with Crippen molar-refractivity contribution in [2.45, 2.75) is 56.2 Å². The molecule has 27 heavy (non-hydrogen) atoms. The number of ether oxygens (including phenoxy) is 1. The number of rotatable bonds is 5. The third-order valence-corrected chi connectivity index (χ3v) is 6.57. The summed E-state index contributed by atoms with van der Waals surface area (Å²) in [5.74, 6) is -0.460. The molecule has 0 amide bonds. The highest BCUT2D eigenvalue weighted by molar-refractivity contribution is 6.31. The maximum absolute atomic E-state index is 13.2. The van der Waals surface area contributed by atoms with E-state index in [1.165, 1.54) is 12.8 Å². The van der Waals surface area contributed by atoms with E-state index in [-0.39, 0.29) is 18.0 Å². The van der Waals surface area contributed by atoms with Crippen LogP contribution < -0.4 is 0 Å². The van der Waals surface area contributed by atoms with Crippen LogP contribution in [0, 0.1) is 0 Å². The van der Waals surface area contributed by atoms with Crippen LogP contribution in [0.25, 0.3) is 0 Å². The van der Waals surface area contributed by atoms with Gasteiger partial charge in [0.15, 0.2) is 0 Å². The number of benzene rings is 2. The fourth-order valence-electron chi connectivity index (χ4n) is 4.61. The Morgan fingerprint density at radius 2 is 1.70 bits per heavy atom. The Morgan fingerprint density at radius 3 is 2.37 bits per heavy atom. The van der Waals surface area contributed by atoms with Gasteiger partial charge in [-0.3, -0.25) is 4.79 Å². The summed E-state index contributed by atoms with van der Waals surface area (Å²) in [5.41, 5.74) is 1.96. The molecule has 3 nitrogen and oxygen atoms in total. The molecule has 0 radical (unpaired) electrons. The lowest BCUT2D eigenvalue weighted by molar-refractivity contribution is -0.154. The number of fused-ring (bicyclic) bond motifs is 2. The Labute approximate surface area is 166 Å². The summed E-state index contributed by atoms with van der Waals surface area (Å²) in [6, 6.07) is 18.8. The lowest BCUT2D eigenvalue weighted by atomic mass is 9.91. The zero-order valence-electron chi connectivity index (χ0n) is 15.7. The molecular weight excluding hydrogens is 358 g/mol. The first-order valence-corrected chi connectivity index (χ1v) is 10.2. The van der Waals surface area contributed by atoms with Gasteiger partial charge in [-0.05, 0) is 56.3 Å². The van der Waals surface area contributed by atoms with Gasteiger partial charge in [0.2, 0.25) is 0 Å². The lowest BCUT2D eigenvalue weighted by Gasteiger charge is -2.36. The van der Waals surface area contributed by atoms with E-state index in [1.54, 1.807) is 0 Å². The van der Waals surface area contributed by atoms with E-state index in [2.05, 4.69) is 11.9 Å². The van der Waals surface area contributed by atoms with E-state index >= 15 is 0 Å². The number of nitrogens with zero attached hydrogens (tertiary/aromatic N) is 1. The predicted molar refractivity (Wildman–Crippen MR) is 108 cm³/mol. The topological polar surface area (TPSA) is 29.5 Å². The fraction of sp³-hybridized carbons (Fsp3) is 0.435. The average Bonchev–Trinajstić information content (AvgIpc) is 2.89. The van der Waals surface area contributed by atoms with Gasteiger partial charge < -0.3 is 9.64 Å². The molecule has 0 aromatic heterocycles. The van der Waals surface area contributed by atoms with Crippen molar-refractivity contribution in [3.63, 3.8) is 0 Å². The van der Waals surface area contributed by atoms with Crippen molar-refractivity contribution < 1.29 is 9.53 Å². The van der Waals surface area contributed by atoms with Gasteiger partial charge in [-0.25, -0.2) is 0 Å². The summed E-state index contributed by atoms with van der Waals surface area (Å²) in [6.07, 6.45) is 4.93. The van der Waals surface area contributed by atoms with Crippen LogP contribution >= 0.6 is 11.6 Å². The summed E-state index contributed by atoms with van der Waals surface area (Å²) in [7, 11) is 2.20. The molecule has 3 unspecified atom stereocenters. The van der Waals surface area contributed by atoms with E-state index in [0.717, 1.165) is 24.0 Å². The monoisotopic (exact) mass is 383 g/mol. The number of hydrogen-bond donors (Lipinski definition) is 0. The number of halogens is 1. The maximum Gasteiger partial charge on any atom is 0.314 e. The van der Waals surface area contributed by atoms with E-state index < -0.39 is 0 Å². The molecule has 0 N–H and O–H groups in total. The molecule has 2 aromatic rings. The normalized spacial score (nSPS) is 25.9. The molecule has 4 rings (SSSR count). The average molecular weight is 384 g/mol. The van der Waals surface area contributed by atoms with Crippen LogP contribution in [-0.2, 0) is 16.0 Å². The number of esters is 1. The molecule has 0 spiro atoms. The van der Waals surface area contributed by atoms with Crippen LogP contribution in [0.15, 0.2) is 54.6 Å². The number of carbonyl (C=O) groups is 1. The predicted octanol–water partition coefficient (Wildman–Crippen LogP) is 4.83. The first-order valence-electron chi connectivity index (χ1n) is 9.82. The van der Waals surface area contributed by atoms with Gasteiger partial charge in [-0.2, -0.15) is 0 Å². The Hall–Kier alpha value is -1.84. The van der Waals surface area contributed by atoms with Crippen LogP contribution in [0.3, 0.4) is 0 Å². The minimum Gasteiger partial charge on any atom is -0.462 e. The fourth-order valence-corrected chi connectivity index (χ4v) is 4.82. The number of hydrogen-bond acceptors (Lipinski definition) is 3. The van der Waals surface area contributed by atoms with Gasteiger partial charge in [0, 0.05) is 17.1 Å². The largest absolute Gasteiger partial charge is 0.462 e. The minimum absolute atomic E-state index is 0.0312. The third-order valence-electron chi connectivity index (χ3n) is 6.21. The summed E-state index contributed by atoms with van der Waals surface area (Å²) >= 11 is 6.36.